The summed E-state index contributed by atoms with van der Waals surface area (Å²) in [5.41, 5.74) is 1.000. The van der Waals surface area contributed by atoms with E-state index in [1.807, 2.05) is 31.1 Å². The van der Waals surface area contributed by atoms with E-state index in [0.717, 1.165) is 17.3 Å². The van der Waals surface area contributed by atoms with Gasteiger partial charge in [0, 0.05) is 37.8 Å². The van der Waals surface area contributed by atoms with Crippen LogP contribution in [0.2, 0.25) is 0 Å². The first-order valence-corrected chi connectivity index (χ1v) is 4.64. The zero-order valence-corrected chi connectivity index (χ0v) is 8.70. The highest BCUT2D eigenvalue weighted by molar-refractivity contribution is 7.80. The van der Waals surface area contributed by atoms with E-state index in [2.05, 4.69) is 22.6 Å². The second-order valence-corrected chi connectivity index (χ2v) is 3.16. The van der Waals surface area contributed by atoms with E-state index in [4.69, 9.17) is 0 Å². The Morgan fingerprint density at radius 3 is 2.46 bits per heavy atom. The fourth-order valence-electron chi connectivity index (χ4n) is 0.837. The second-order valence-electron chi connectivity index (χ2n) is 2.80. The molecule has 70 valence electrons. The van der Waals surface area contributed by atoms with E-state index in [1.54, 1.807) is 12.4 Å². The smallest absolute Gasteiger partial charge is 0.224 e. The van der Waals surface area contributed by atoms with Crippen molar-refractivity contribution in [2.45, 2.75) is 0 Å². The van der Waals surface area contributed by atoms with Crippen molar-refractivity contribution in [2.24, 2.45) is 0 Å². The molecule has 0 unspecified atom stereocenters. The number of anilines is 1. The van der Waals surface area contributed by atoms with Gasteiger partial charge in [-0.1, -0.05) is 12.2 Å². The van der Waals surface area contributed by atoms with Crippen molar-refractivity contribution in [3.8, 4) is 0 Å². The van der Waals surface area contributed by atoms with Gasteiger partial charge in [0.1, 0.15) is 0 Å². The van der Waals surface area contributed by atoms with E-state index in [1.165, 1.54) is 0 Å². The summed E-state index contributed by atoms with van der Waals surface area (Å²) >= 11 is 4.07. The van der Waals surface area contributed by atoms with Crippen LogP contribution in [-0.4, -0.2) is 29.8 Å². The van der Waals surface area contributed by atoms with Gasteiger partial charge in [0.15, 0.2) is 0 Å². The van der Waals surface area contributed by atoms with Crippen LogP contribution in [0.3, 0.4) is 0 Å². The maximum atomic E-state index is 4.17. The predicted octanol–water partition coefficient (Wildman–Crippen LogP) is 1.49. The number of hydrogen-bond acceptors (Lipinski definition) is 4. The Morgan fingerprint density at radius 2 is 2.00 bits per heavy atom. The van der Waals surface area contributed by atoms with Gasteiger partial charge in [-0.05, 0) is 0 Å². The predicted molar refractivity (Wildman–Crippen MR) is 59.2 cm³/mol. The maximum Gasteiger partial charge on any atom is 0.224 e. The first-order valence-electron chi connectivity index (χ1n) is 4.01. The molecule has 1 heterocycles. The minimum atomic E-state index is 0.725. The number of rotatable bonds is 3. The van der Waals surface area contributed by atoms with Crippen LogP contribution in [0, 0.1) is 0 Å². The summed E-state index contributed by atoms with van der Waals surface area (Å²) in [5.74, 6) is 1.46. The molecule has 4 heteroatoms. The average molecular weight is 195 g/mol. The van der Waals surface area contributed by atoms with Crippen molar-refractivity contribution in [1.82, 2.24) is 9.97 Å². The molecule has 0 atom stereocenters. The normalized spacial score (nSPS) is 10.7. The van der Waals surface area contributed by atoms with Crippen LogP contribution in [0.15, 0.2) is 18.5 Å². The Labute approximate surface area is 83.9 Å². The van der Waals surface area contributed by atoms with Crippen molar-refractivity contribution < 1.29 is 0 Å². The molecule has 0 aliphatic carbocycles. The summed E-state index contributed by atoms with van der Waals surface area (Å²) in [6.45, 7) is 0. The quantitative estimate of drug-likeness (QED) is 0.741. The molecule has 1 rings (SSSR count). The SMILES string of the molecule is CN(C)c1ncc(C=CCS)cn1. The second kappa shape index (κ2) is 4.87. The van der Waals surface area contributed by atoms with E-state index in [0.29, 0.717) is 0 Å². The molecule has 0 fully saturated rings. The monoisotopic (exact) mass is 195 g/mol. The lowest BCUT2D eigenvalue weighted by Crippen LogP contribution is -2.12. The van der Waals surface area contributed by atoms with Crippen LogP contribution < -0.4 is 4.90 Å². The summed E-state index contributed by atoms with van der Waals surface area (Å²) in [6, 6.07) is 0. The molecule has 0 amide bonds. The highest BCUT2D eigenvalue weighted by atomic mass is 32.1. The average Bonchev–Trinajstić information content (AvgIpc) is 2.15. The Bertz CT molecular complexity index is 279. The van der Waals surface area contributed by atoms with Crippen molar-refractivity contribution in [3.05, 3.63) is 24.0 Å². The summed E-state index contributed by atoms with van der Waals surface area (Å²) in [6.07, 6.45) is 7.49. The fraction of sp³-hybridized carbons (Fsp3) is 0.333. The van der Waals surface area contributed by atoms with Gasteiger partial charge in [0.05, 0.1) is 0 Å². The molecule has 0 N–H and O–H groups in total. The van der Waals surface area contributed by atoms with E-state index < -0.39 is 0 Å². The van der Waals surface area contributed by atoms with Gasteiger partial charge in [-0.3, -0.25) is 0 Å². The molecule has 0 spiro atoms. The molecule has 3 nitrogen and oxygen atoms in total. The molecule has 0 saturated carbocycles. The summed E-state index contributed by atoms with van der Waals surface area (Å²) in [4.78, 5) is 10.2. The first-order chi connectivity index (χ1) is 6.24. The molecule has 0 aromatic carbocycles. The molecule has 1 aromatic heterocycles. The minimum absolute atomic E-state index is 0.725. The molecule has 13 heavy (non-hydrogen) atoms. The van der Waals surface area contributed by atoms with Crippen molar-refractivity contribution in [1.29, 1.82) is 0 Å². The fourth-order valence-corrected chi connectivity index (χ4v) is 0.942. The lowest BCUT2D eigenvalue weighted by Gasteiger charge is -2.08. The van der Waals surface area contributed by atoms with Gasteiger partial charge in [-0.2, -0.15) is 12.6 Å². The number of aromatic nitrogens is 2. The van der Waals surface area contributed by atoms with E-state index in [-0.39, 0.29) is 0 Å². The maximum absolute atomic E-state index is 4.17. The molecule has 0 aliphatic heterocycles. The van der Waals surface area contributed by atoms with Crippen LogP contribution in [0.1, 0.15) is 5.56 Å². The van der Waals surface area contributed by atoms with Gasteiger partial charge in [0.2, 0.25) is 5.95 Å². The van der Waals surface area contributed by atoms with Gasteiger partial charge in [0.25, 0.3) is 0 Å². The zero-order chi connectivity index (χ0) is 9.68. The first kappa shape index (κ1) is 10.1. The molecule has 0 aliphatic rings. The number of nitrogens with zero attached hydrogens (tertiary/aromatic N) is 3. The molecule has 0 saturated heterocycles. The lowest BCUT2D eigenvalue weighted by molar-refractivity contribution is 0.996. The van der Waals surface area contributed by atoms with E-state index >= 15 is 0 Å². The van der Waals surface area contributed by atoms with Crippen LogP contribution in [0.5, 0.6) is 0 Å². The van der Waals surface area contributed by atoms with Gasteiger partial charge >= 0.3 is 0 Å². The van der Waals surface area contributed by atoms with Crippen LogP contribution in [0.25, 0.3) is 6.08 Å². The lowest BCUT2D eigenvalue weighted by atomic mass is 10.3. The Balaban J connectivity index is 2.75. The molecular weight excluding hydrogens is 182 g/mol. The van der Waals surface area contributed by atoms with Crippen LogP contribution in [0.4, 0.5) is 5.95 Å². The summed E-state index contributed by atoms with van der Waals surface area (Å²) in [7, 11) is 3.83. The Hall–Kier alpha value is -1.03. The standard InChI is InChI=1S/C9H13N3S/c1-12(2)9-10-6-8(7-11-9)4-3-5-13/h3-4,6-7,13H,5H2,1-2H3. The van der Waals surface area contributed by atoms with Gasteiger partial charge in [-0.15, -0.1) is 0 Å². The molecule has 1 aromatic rings. The largest absolute Gasteiger partial charge is 0.347 e. The highest BCUT2D eigenvalue weighted by Crippen LogP contribution is 2.04. The summed E-state index contributed by atoms with van der Waals surface area (Å²) < 4.78 is 0. The molecule has 0 bridgehead atoms. The van der Waals surface area contributed by atoms with Gasteiger partial charge < -0.3 is 4.90 Å². The minimum Gasteiger partial charge on any atom is -0.347 e. The van der Waals surface area contributed by atoms with Crippen molar-refractivity contribution in [3.63, 3.8) is 0 Å². The number of thiol groups is 1. The molecular formula is C9H13N3S. The zero-order valence-electron chi connectivity index (χ0n) is 7.81. The third-order valence-electron chi connectivity index (χ3n) is 1.47. The topological polar surface area (TPSA) is 29.0 Å². The number of hydrogen-bond donors (Lipinski definition) is 1. The van der Waals surface area contributed by atoms with Crippen LogP contribution in [-0.2, 0) is 0 Å². The third-order valence-corrected chi connectivity index (χ3v) is 1.68. The Kier molecular flexibility index (Phi) is 3.76. The van der Waals surface area contributed by atoms with Crippen molar-refractivity contribution >= 4 is 24.7 Å². The summed E-state index contributed by atoms with van der Waals surface area (Å²) in [5, 5.41) is 0. The molecule has 0 radical (unpaired) electrons. The van der Waals surface area contributed by atoms with Crippen molar-refractivity contribution in [2.75, 3.05) is 24.7 Å². The Morgan fingerprint density at radius 1 is 1.38 bits per heavy atom. The third kappa shape index (κ3) is 3.06. The highest BCUT2D eigenvalue weighted by Gasteiger charge is 1.96. The van der Waals surface area contributed by atoms with E-state index in [9.17, 15) is 0 Å². The van der Waals surface area contributed by atoms with Crippen LogP contribution >= 0.6 is 12.6 Å². The van der Waals surface area contributed by atoms with Gasteiger partial charge in [-0.25, -0.2) is 9.97 Å².